The summed E-state index contributed by atoms with van der Waals surface area (Å²) < 4.78 is 13.1. The van der Waals surface area contributed by atoms with Gasteiger partial charge in [-0.3, -0.25) is 14.6 Å². The van der Waals surface area contributed by atoms with Crippen LogP contribution in [0.25, 0.3) is 0 Å². The minimum atomic E-state index is -0.804. The minimum absolute atomic E-state index is 0. The van der Waals surface area contributed by atoms with Crippen molar-refractivity contribution in [1.82, 2.24) is 10.3 Å². The number of aryl methyl sites for hydroxylation is 1. The molecule has 2 N–H and O–H groups in total. The van der Waals surface area contributed by atoms with E-state index in [1.54, 1.807) is 18.3 Å². The molecule has 0 spiro atoms. The summed E-state index contributed by atoms with van der Waals surface area (Å²) in [5, 5.41) is 13.7. The van der Waals surface area contributed by atoms with E-state index in [9.17, 15) is 14.0 Å². The average molecular weight is 467 g/mol. The predicted octanol–water partition coefficient (Wildman–Crippen LogP) is 5.80. The predicted molar refractivity (Wildman–Crippen MR) is 137 cm³/mol. The van der Waals surface area contributed by atoms with Crippen molar-refractivity contribution in [2.45, 2.75) is 40.2 Å². The molecular formula is C27H35FN4O2. The minimum Gasteiger partial charge on any atom is -0.340 e. The number of aromatic nitrogens is 1. The molecular weight excluding hydrogens is 431 g/mol. The van der Waals surface area contributed by atoms with Crippen LogP contribution in [0.4, 0.5) is 10.1 Å². The molecule has 2 amide bonds. The molecule has 0 saturated heterocycles. The van der Waals surface area contributed by atoms with E-state index in [1.807, 2.05) is 58.0 Å². The van der Waals surface area contributed by atoms with Crippen LogP contribution in [0.1, 0.15) is 46.7 Å². The van der Waals surface area contributed by atoms with Crippen molar-refractivity contribution in [2.24, 2.45) is 5.41 Å². The zero-order chi connectivity index (χ0) is 25.1. The molecule has 182 valence electrons. The smallest absolute Gasteiger partial charge is 0.251 e. The summed E-state index contributed by atoms with van der Waals surface area (Å²) in [7, 11) is 0. The first-order valence-electron chi connectivity index (χ1n) is 10.8. The van der Waals surface area contributed by atoms with E-state index >= 15 is 0 Å². The molecule has 0 aliphatic heterocycles. The number of hydrogen-bond acceptors (Lipinski definition) is 4. The van der Waals surface area contributed by atoms with Crippen molar-refractivity contribution in [3.05, 3.63) is 95.6 Å². The molecule has 0 aliphatic carbocycles. The lowest BCUT2D eigenvalue weighted by atomic mass is 10.0. The van der Waals surface area contributed by atoms with Gasteiger partial charge in [-0.15, -0.1) is 0 Å². The fourth-order valence-corrected chi connectivity index (χ4v) is 2.67. The number of rotatable bonds is 6. The van der Waals surface area contributed by atoms with Crippen LogP contribution in [-0.4, -0.2) is 22.8 Å². The first kappa shape index (κ1) is 26.2. The van der Waals surface area contributed by atoms with Crippen molar-refractivity contribution in [1.29, 1.82) is 5.26 Å². The molecule has 0 bridgehead atoms. The monoisotopic (exact) mass is 466 g/mol. The second-order valence-electron chi connectivity index (χ2n) is 8.76. The van der Waals surface area contributed by atoms with E-state index in [4.69, 9.17) is 5.26 Å². The van der Waals surface area contributed by atoms with Gasteiger partial charge in [-0.2, -0.15) is 5.26 Å². The molecule has 7 heteroatoms. The molecule has 0 saturated carbocycles. The summed E-state index contributed by atoms with van der Waals surface area (Å²) in [6.07, 6.45) is 1.88. The second-order valence-corrected chi connectivity index (χ2v) is 8.76. The van der Waals surface area contributed by atoms with E-state index < -0.39 is 17.8 Å². The summed E-state index contributed by atoms with van der Waals surface area (Å²) in [4.78, 5) is 29.5. The van der Waals surface area contributed by atoms with Crippen molar-refractivity contribution in [2.75, 3.05) is 5.32 Å². The Labute approximate surface area is 204 Å². The van der Waals surface area contributed by atoms with Crippen molar-refractivity contribution >= 4 is 17.5 Å². The highest BCUT2D eigenvalue weighted by Gasteiger charge is 2.22. The Kier molecular flexibility index (Phi) is 9.45. The molecule has 0 radical (unpaired) electrons. The molecule has 0 aliphatic rings. The lowest BCUT2D eigenvalue weighted by molar-refractivity contribution is -0.118. The highest BCUT2D eigenvalue weighted by atomic mass is 19.1. The molecule has 0 fully saturated rings. The SMILES string of the molecule is CC(C)(C)C#N.Cc1ccc(NC(=O)[C@H](Cc2ccccc2)NC(=O)c2ccc(F)cc2)cn1.[HH].[HH].[HH]. The number of halogens is 1. The van der Waals surface area contributed by atoms with Gasteiger partial charge in [0.2, 0.25) is 5.91 Å². The molecule has 2 aromatic carbocycles. The van der Waals surface area contributed by atoms with Crippen LogP contribution < -0.4 is 10.6 Å². The van der Waals surface area contributed by atoms with E-state index in [0.717, 1.165) is 11.3 Å². The Morgan fingerprint density at radius 3 is 2.21 bits per heavy atom. The zero-order valence-corrected chi connectivity index (χ0v) is 19.8. The van der Waals surface area contributed by atoms with Crippen molar-refractivity contribution < 1.29 is 18.3 Å². The maximum Gasteiger partial charge on any atom is 0.251 e. The third kappa shape index (κ3) is 9.21. The molecule has 1 atom stereocenters. The van der Waals surface area contributed by atoms with Gasteiger partial charge < -0.3 is 10.6 Å². The highest BCUT2D eigenvalue weighted by molar-refractivity contribution is 6.01. The van der Waals surface area contributed by atoms with Gasteiger partial charge in [0.25, 0.3) is 5.91 Å². The highest BCUT2D eigenvalue weighted by Crippen LogP contribution is 2.11. The van der Waals surface area contributed by atoms with Crippen LogP contribution in [0.3, 0.4) is 0 Å². The van der Waals surface area contributed by atoms with Gasteiger partial charge in [0.05, 0.1) is 18.0 Å². The quantitative estimate of drug-likeness (QED) is 0.480. The van der Waals surface area contributed by atoms with E-state index in [2.05, 4.69) is 21.7 Å². The summed E-state index contributed by atoms with van der Waals surface area (Å²) in [6, 6.07) is 19.4. The summed E-state index contributed by atoms with van der Waals surface area (Å²) >= 11 is 0. The Bertz CT molecular complexity index is 1130. The van der Waals surface area contributed by atoms with Gasteiger partial charge in [0.1, 0.15) is 11.9 Å². The Morgan fingerprint density at radius 1 is 1.06 bits per heavy atom. The maximum atomic E-state index is 13.1. The van der Waals surface area contributed by atoms with Gasteiger partial charge in [0.15, 0.2) is 0 Å². The summed E-state index contributed by atoms with van der Waals surface area (Å²) in [5.41, 5.74) is 2.42. The zero-order valence-electron chi connectivity index (χ0n) is 19.8. The number of nitrogens with one attached hydrogen (secondary N) is 2. The molecule has 6 nitrogen and oxygen atoms in total. The number of carbonyl (C=O) groups is 2. The van der Waals surface area contributed by atoms with Gasteiger partial charge in [0, 0.05) is 27.4 Å². The fraction of sp³-hybridized carbons (Fsp3) is 0.259. The van der Waals surface area contributed by atoms with E-state index in [-0.39, 0.29) is 21.2 Å². The number of benzene rings is 2. The third-order valence-corrected chi connectivity index (χ3v) is 4.53. The second kappa shape index (κ2) is 12.3. The lowest BCUT2D eigenvalue weighted by Gasteiger charge is -2.19. The lowest BCUT2D eigenvalue weighted by Crippen LogP contribution is -2.45. The normalized spacial score (nSPS) is 11.3. The van der Waals surface area contributed by atoms with Crippen molar-refractivity contribution in [3.8, 4) is 6.07 Å². The molecule has 3 aromatic rings. The number of hydrogen-bond donors (Lipinski definition) is 2. The largest absolute Gasteiger partial charge is 0.340 e. The third-order valence-electron chi connectivity index (χ3n) is 4.53. The molecule has 1 aromatic heterocycles. The molecule has 34 heavy (non-hydrogen) atoms. The number of amides is 2. The average Bonchev–Trinajstić information content (AvgIpc) is 2.81. The first-order chi connectivity index (χ1) is 16.1. The Hall–Kier alpha value is -4.05. The Balaban J connectivity index is 0. The van der Waals surface area contributed by atoms with E-state index in [1.165, 1.54) is 24.3 Å². The molecule has 0 unspecified atom stereocenters. The van der Waals surface area contributed by atoms with Crippen LogP contribution in [0.5, 0.6) is 0 Å². The van der Waals surface area contributed by atoms with Crippen LogP contribution in [0.15, 0.2) is 72.9 Å². The van der Waals surface area contributed by atoms with Crippen LogP contribution in [0, 0.1) is 29.5 Å². The van der Waals surface area contributed by atoms with Gasteiger partial charge in [-0.1, -0.05) is 30.3 Å². The molecule has 3 rings (SSSR count). The van der Waals surface area contributed by atoms with Gasteiger partial charge >= 0.3 is 0 Å². The molecule has 1 heterocycles. The first-order valence-corrected chi connectivity index (χ1v) is 10.8. The summed E-state index contributed by atoms with van der Waals surface area (Å²) in [5.74, 6) is -1.23. The van der Waals surface area contributed by atoms with Crippen LogP contribution >= 0.6 is 0 Å². The van der Waals surface area contributed by atoms with Gasteiger partial charge in [-0.25, -0.2) is 4.39 Å². The van der Waals surface area contributed by atoms with Gasteiger partial charge in [-0.05, 0) is 69.7 Å². The van der Waals surface area contributed by atoms with Crippen LogP contribution in [0.2, 0.25) is 0 Å². The summed E-state index contributed by atoms with van der Waals surface area (Å²) in [6.45, 7) is 7.50. The number of anilines is 1. The number of nitriles is 1. The number of nitrogens with zero attached hydrogens (tertiary/aromatic N) is 2. The Morgan fingerprint density at radius 2 is 1.68 bits per heavy atom. The fourth-order valence-electron chi connectivity index (χ4n) is 2.67. The maximum absolute atomic E-state index is 13.1. The van der Waals surface area contributed by atoms with E-state index in [0.29, 0.717) is 12.1 Å². The topological polar surface area (TPSA) is 94.9 Å². The van der Waals surface area contributed by atoms with Crippen LogP contribution in [-0.2, 0) is 11.2 Å². The number of pyridine rings is 1. The standard InChI is InChI=1S/C22H20FN3O2.C5H9N.3H2/c1-15-7-12-19(14-24-15)25-22(28)20(13-16-5-3-2-4-6-16)26-21(27)17-8-10-18(23)11-9-17;1-5(2,3)4-6;;;/h2-12,14,20H,13H2,1H3,(H,25,28)(H,26,27);1-3H3;3*1H/t20-;;;;/m0..../s1. The van der Waals surface area contributed by atoms with Crippen molar-refractivity contribution in [3.63, 3.8) is 0 Å². The number of carbonyl (C=O) groups excluding carboxylic acids is 2.